The second-order valence-corrected chi connectivity index (χ2v) is 6.31. The van der Waals surface area contributed by atoms with Crippen molar-refractivity contribution >= 4 is 16.8 Å². The largest absolute Gasteiger partial charge is 0.487 e. The van der Waals surface area contributed by atoms with E-state index in [-0.39, 0.29) is 18.3 Å². The van der Waals surface area contributed by atoms with Crippen molar-refractivity contribution in [1.29, 1.82) is 0 Å². The van der Waals surface area contributed by atoms with Crippen molar-refractivity contribution < 1.29 is 18.3 Å². The summed E-state index contributed by atoms with van der Waals surface area (Å²) in [6, 6.07) is 13.6. The molecule has 132 valence electrons. The summed E-state index contributed by atoms with van der Waals surface area (Å²) < 4.78 is 34.3. The molecule has 5 rings (SSSR count). The molecule has 6 heteroatoms. The second kappa shape index (κ2) is 5.74. The normalized spacial score (nSPS) is 12.3. The van der Waals surface area contributed by atoms with Crippen LogP contribution in [0.2, 0.25) is 0 Å². The molecule has 27 heavy (non-hydrogen) atoms. The molecule has 1 aliphatic rings. The summed E-state index contributed by atoms with van der Waals surface area (Å²) in [5, 5.41) is 0.552. The maximum Gasteiger partial charge on any atom is 0.268 e. The van der Waals surface area contributed by atoms with Crippen LogP contribution in [0.15, 0.2) is 60.8 Å². The highest BCUT2D eigenvalue weighted by atomic mass is 19.1. The van der Waals surface area contributed by atoms with Crippen molar-refractivity contribution in [2.45, 2.75) is 6.61 Å². The van der Waals surface area contributed by atoms with Crippen LogP contribution >= 0.6 is 0 Å². The van der Waals surface area contributed by atoms with Crippen LogP contribution in [-0.4, -0.2) is 15.5 Å². The van der Waals surface area contributed by atoms with Gasteiger partial charge in [-0.15, -0.1) is 0 Å². The Morgan fingerprint density at radius 3 is 2.59 bits per heavy atom. The van der Waals surface area contributed by atoms with Gasteiger partial charge in [-0.05, 0) is 42.0 Å². The van der Waals surface area contributed by atoms with Crippen molar-refractivity contribution in [3.8, 4) is 17.1 Å². The smallest absolute Gasteiger partial charge is 0.268 e. The van der Waals surface area contributed by atoms with Crippen LogP contribution < -0.4 is 4.74 Å². The maximum atomic E-state index is 13.7. The van der Waals surface area contributed by atoms with Gasteiger partial charge in [0.25, 0.3) is 5.91 Å². The topological polar surface area (TPSA) is 44.1 Å². The van der Waals surface area contributed by atoms with Crippen molar-refractivity contribution in [1.82, 2.24) is 9.55 Å². The van der Waals surface area contributed by atoms with E-state index in [2.05, 4.69) is 4.98 Å². The zero-order chi connectivity index (χ0) is 18.5. The number of benzene rings is 2. The fourth-order valence-electron chi connectivity index (χ4n) is 3.35. The molecular formula is C21H12F2N2O2. The minimum atomic E-state index is -0.417. The Bertz CT molecular complexity index is 1210. The van der Waals surface area contributed by atoms with Gasteiger partial charge in [-0.3, -0.25) is 9.36 Å². The van der Waals surface area contributed by atoms with Crippen LogP contribution in [0.25, 0.3) is 22.3 Å². The Balaban J connectivity index is 1.67. The maximum absolute atomic E-state index is 13.7. The molecular weight excluding hydrogens is 350 g/mol. The molecule has 0 spiro atoms. The summed E-state index contributed by atoms with van der Waals surface area (Å²) in [5.41, 5.74) is 2.63. The second-order valence-electron chi connectivity index (χ2n) is 6.31. The van der Waals surface area contributed by atoms with E-state index in [9.17, 15) is 13.6 Å². The minimum Gasteiger partial charge on any atom is -0.487 e. The van der Waals surface area contributed by atoms with Gasteiger partial charge in [0.15, 0.2) is 0 Å². The van der Waals surface area contributed by atoms with Crippen molar-refractivity contribution in [2.24, 2.45) is 0 Å². The van der Waals surface area contributed by atoms with E-state index in [0.29, 0.717) is 33.6 Å². The standard InChI is InChI=1S/C21H12F2N2O2/c22-13-5-3-12(4-6-13)11-27-20-15-8-7-14(23)10-16(15)24-19-17-2-1-9-25(17)21(26)18(19)20/h1-10H,11H2. The van der Waals surface area contributed by atoms with Gasteiger partial charge in [-0.25, -0.2) is 13.8 Å². The number of nitrogens with zero attached hydrogens (tertiary/aromatic N) is 2. The Labute approximate surface area is 152 Å². The number of hydrogen-bond donors (Lipinski definition) is 0. The van der Waals surface area contributed by atoms with Gasteiger partial charge in [-0.1, -0.05) is 12.1 Å². The highest BCUT2D eigenvalue weighted by Crippen LogP contribution is 2.41. The molecule has 0 saturated carbocycles. The van der Waals surface area contributed by atoms with Gasteiger partial charge in [-0.2, -0.15) is 0 Å². The van der Waals surface area contributed by atoms with E-state index in [4.69, 9.17) is 4.74 Å². The molecule has 3 heterocycles. The van der Waals surface area contributed by atoms with Gasteiger partial charge < -0.3 is 4.74 Å². The molecule has 0 unspecified atom stereocenters. The highest BCUT2D eigenvalue weighted by Gasteiger charge is 2.32. The quantitative estimate of drug-likeness (QED) is 0.472. The number of rotatable bonds is 3. The fourth-order valence-corrected chi connectivity index (χ4v) is 3.35. The number of carbonyl (C=O) groups excluding carboxylic acids is 1. The summed E-state index contributed by atoms with van der Waals surface area (Å²) in [4.78, 5) is 17.4. The third-order valence-electron chi connectivity index (χ3n) is 4.62. The monoisotopic (exact) mass is 362 g/mol. The summed E-state index contributed by atoms with van der Waals surface area (Å²) in [6.45, 7) is 0.144. The summed E-state index contributed by atoms with van der Waals surface area (Å²) in [7, 11) is 0. The molecule has 0 atom stereocenters. The van der Waals surface area contributed by atoms with Crippen LogP contribution in [0.4, 0.5) is 8.78 Å². The Morgan fingerprint density at radius 1 is 1.00 bits per heavy atom. The van der Waals surface area contributed by atoms with Crippen LogP contribution in [0, 0.1) is 11.6 Å². The van der Waals surface area contributed by atoms with Crippen molar-refractivity contribution in [3.05, 3.63) is 83.6 Å². The molecule has 0 amide bonds. The number of hydrogen-bond acceptors (Lipinski definition) is 3. The van der Waals surface area contributed by atoms with Crippen LogP contribution in [-0.2, 0) is 6.61 Å². The Morgan fingerprint density at radius 2 is 1.78 bits per heavy atom. The average Bonchev–Trinajstić information content (AvgIpc) is 3.24. The number of ether oxygens (including phenoxy) is 1. The number of fused-ring (bicyclic) bond motifs is 4. The molecule has 0 radical (unpaired) electrons. The number of carbonyl (C=O) groups is 1. The first-order valence-electron chi connectivity index (χ1n) is 8.35. The molecule has 4 nitrogen and oxygen atoms in total. The lowest BCUT2D eigenvalue weighted by Crippen LogP contribution is -2.08. The average molecular weight is 362 g/mol. The Hall–Kier alpha value is -3.54. The van der Waals surface area contributed by atoms with Gasteiger partial charge in [0.05, 0.1) is 11.2 Å². The molecule has 0 aliphatic carbocycles. The van der Waals surface area contributed by atoms with Gasteiger partial charge in [0, 0.05) is 17.6 Å². The van der Waals surface area contributed by atoms with E-state index in [1.165, 1.54) is 28.8 Å². The lowest BCUT2D eigenvalue weighted by molar-refractivity contribution is 0.0965. The third-order valence-corrected chi connectivity index (χ3v) is 4.62. The molecule has 0 N–H and O–H groups in total. The third kappa shape index (κ3) is 2.41. The zero-order valence-electron chi connectivity index (χ0n) is 13.9. The van der Waals surface area contributed by atoms with Gasteiger partial charge in [0.1, 0.15) is 35.2 Å². The van der Waals surface area contributed by atoms with Crippen LogP contribution in [0.3, 0.4) is 0 Å². The van der Waals surface area contributed by atoms with Crippen LogP contribution in [0.5, 0.6) is 5.75 Å². The van der Waals surface area contributed by atoms with E-state index in [1.54, 1.807) is 36.5 Å². The zero-order valence-corrected chi connectivity index (χ0v) is 13.9. The van der Waals surface area contributed by atoms with Gasteiger partial charge in [0.2, 0.25) is 0 Å². The summed E-state index contributed by atoms with van der Waals surface area (Å²) >= 11 is 0. The van der Waals surface area contributed by atoms with Gasteiger partial charge >= 0.3 is 0 Å². The summed E-state index contributed by atoms with van der Waals surface area (Å²) in [5.74, 6) is -0.635. The highest BCUT2D eigenvalue weighted by molar-refractivity contribution is 6.13. The van der Waals surface area contributed by atoms with E-state index in [0.717, 1.165) is 5.56 Å². The molecule has 1 aliphatic heterocycles. The lowest BCUT2D eigenvalue weighted by atomic mass is 10.1. The predicted octanol–water partition coefficient (Wildman–Crippen LogP) is 4.56. The molecule has 0 bridgehead atoms. The predicted molar refractivity (Wildman–Crippen MR) is 95.6 cm³/mol. The number of halogens is 2. The fraction of sp³-hybridized carbons (Fsp3) is 0.0476. The lowest BCUT2D eigenvalue weighted by Gasteiger charge is -2.13. The van der Waals surface area contributed by atoms with Crippen LogP contribution in [0.1, 0.15) is 15.9 Å². The van der Waals surface area contributed by atoms with Crippen molar-refractivity contribution in [3.63, 3.8) is 0 Å². The van der Waals surface area contributed by atoms with E-state index < -0.39 is 5.82 Å². The molecule has 2 aromatic heterocycles. The molecule has 2 aromatic carbocycles. The van der Waals surface area contributed by atoms with E-state index in [1.807, 2.05) is 0 Å². The first kappa shape index (κ1) is 15.7. The number of pyridine rings is 1. The SMILES string of the molecule is O=C1c2c(nc3cc(F)ccc3c2OCc2ccc(F)cc2)-c2cccn21. The van der Waals surface area contributed by atoms with E-state index >= 15 is 0 Å². The molecule has 0 fully saturated rings. The molecule has 0 saturated heterocycles. The number of aromatic nitrogens is 2. The first-order chi connectivity index (χ1) is 13.1. The minimum absolute atomic E-state index is 0.144. The van der Waals surface area contributed by atoms with Crippen molar-refractivity contribution in [2.75, 3.05) is 0 Å². The summed E-state index contributed by atoms with van der Waals surface area (Å²) in [6.07, 6.45) is 1.66. The molecule has 4 aromatic rings. The first-order valence-corrected chi connectivity index (χ1v) is 8.35. The Kier molecular flexibility index (Phi) is 3.33.